The number of fused-ring (bicyclic) bond motifs is 1. The predicted molar refractivity (Wildman–Crippen MR) is 85.9 cm³/mol. The minimum atomic E-state index is -0.0946. The summed E-state index contributed by atoms with van der Waals surface area (Å²) in [5.41, 5.74) is 1.38. The number of rotatable bonds is 2. The number of aromatic nitrogens is 1. The SMILES string of the molecule is O=C(c1ccccn1)N1C[C@@H]2CN(c3ccccc3)C(=O)[C@H]2C1. The van der Waals surface area contributed by atoms with E-state index in [0.29, 0.717) is 25.3 Å². The van der Waals surface area contributed by atoms with Crippen LogP contribution in [0.3, 0.4) is 0 Å². The van der Waals surface area contributed by atoms with Gasteiger partial charge in [-0.2, -0.15) is 0 Å². The fourth-order valence-electron chi connectivity index (χ4n) is 3.52. The Labute approximate surface area is 134 Å². The molecule has 2 saturated heterocycles. The first-order valence-electron chi connectivity index (χ1n) is 7.81. The lowest BCUT2D eigenvalue weighted by atomic mass is 10.0. The Kier molecular flexibility index (Phi) is 3.33. The summed E-state index contributed by atoms with van der Waals surface area (Å²) in [7, 11) is 0. The van der Waals surface area contributed by atoms with E-state index in [0.717, 1.165) is 5.69 Å². The van der Waals surface area contributed by atoms with Crippen molar-refractivity contribution in [3.63, 3.8) is 0 Å². The Morgan fingerprint density at radius 1 is 1.00 bits per heavy atom. The minimum absolute atomic E-state index is 0.0842. The lowest BCUT2D eigenvalue weighted by Gasteiger charge is -2.21. The van der Waals surface area contributed by atoms with Crippen LogP contribution in [0.4, 0.5) is 5.69 Å². The molecular weight excluding hydrogens is 290 g/mol. The van der Waals surface area contributed by atoms with E-state index >= 15 is 0 Å². The number of carbonyl (C=O) groups excluding carboxylic acids is 2. The molecule has 5 nitrogen and oxygen atoms in total. The van der Waals surface area contributed by atoms with E-state index in [9.17, 15) is 9.59 Å². The first-order valence-corrected chi connectivity index (χ1v) is 7.81. The standard InChI is InChI=1S/C18H17N3O2/c22-17-15-12-20(18(23)16-8-4-5-9-19-16)10-13(15)11-21(17)14-6-2-1-3-7-14/h1-9,13,15H,10-12H2/t13-,15+/m1/s1. The maximum atomic E-state index is 12.7. The third kappa shape index (κ3) is 2.38. The normalized spacial score (nSPS) is 23.2. The summed E-state index contributed by atoms with van der Waals surface area (Å²) in [4.78, 5) is 32.9. The van der Waals surface area contributed by atoms with E-state index in [1.54, 1.807) is 29.3 Å². The van der Waals surface area contributed by atoms with E-state index in [1.165, 1.54) is 0 Å². The van der Waals surface area contributed by atoms with Crippen LogP contribution in [0.15, 0.2) is 54.7 Å². The van der Waals surface area contributed by atoms with Gasteiger partial charge in [-0.3, -0.25) is 14.6 Å². The number of benzene rings is 1. The molecule has 2 aromatic rings. The molecule has 0 N–H and O–H groups in total. The Hall–Kier alpha value is -2.69. The van der Waals surface area contributed by atoms with E-state index in [1.807, 2.05) is 35.2 Å². The third-order valence-corrected chi connectivity index (χ3v) is 4.68. The van der Waals surface area contributed by atoms with Crippen LogP contribution in [-0.4, -0.2) is 41.3 Å². The van der Waals surface area contributed by atoms with Gasteiger partial charge in [0.05, 0.1) is 5.92 Å². The van der Waals surface area contributed by atoms with Crippen molar-refractivity contribution in [2.24, 2.45) is 11.8 Å². The lowest BCUT2D eigenvalue weighted by molar-refractivity contribution is -0.120. The number of pyridine rings is 1. The molecule has 2 atom stereocenters. The second-order valence-electron chi connectivity index (χ2n) is 6.08. The predicted octanol–water partition coefficient (Wildman–Crippen LogP) is 1.82. The Bertz CT molecular complexity index is 732. The Morgan fingerprint density at radius 3 is 2.48 bits per heavy atom. The number of amides is 2. The molecule has 0 bridgehead atoms. The summed E-state index contributed by atoms with van der Waals surface area (Å²) in [6.07, 6.45) is 1.62. The second-order valence-corrected chi connectivity index (χ2v) is 6.08. The zero-order valence-corrected chi connectivity index (χ0v) is 12.6. The summed E-state index contributed by atoms with van der Waals surface area (Å²) in [5, 5.41) is 0. The maximum Gasteiger partial charge on any atom is 0.272 e. The Morgan fingerprint density at radius 2 is 1.78 bits per heavy atom. The van der Waals surface area contributed by atoms with Gasteiger partial charge in [-0.15, -0.1) is 0 Å². The monoisotopic (exact) mass is 307 g/mol. The molecule has 4 rings (SSSR count). The van der Waals surface area contributed by atoms with Crippen LogP contribution in [-0.2, 0) is 4.79 Å². The van der Waals surface area contributed by atoms with Gasteiger partial charge in [-0.25, -0.2) is 0 Å². The van der Waals surface area contributed by atoms with Gasteiger partial charge in [-0.1, -0.05) is 24.3 Å². The molecule has 5 heteroatoms. The van der Waals surface area contributed by atoms with Gasteiger partial charge < -0.3 is 9.80 Å². The summed E-state index contributed by atoms with van der Waals surface area (Å²) in [6.45, 7) is 1.79. The maximum absolute atomic E-state index is 12.7. The van der Waals surface area contributed by atoms with Gasteiger partial charge in [0.15, 0.2) is 0 Å². The van der Waals surface area contributed by atoms with Crippen molar-refractivity contribution in [2.75, 3.05) is 24.5 Å². The summed E-state index contributed by atoms with van der Waals surface area (Å²) in [5.74, 6) is 0.148. The average Bonchev–Trinajstić information content (AvgIpc) is 3.16. The van der Waals surface area contributed by atoms with Crippen molar-refractivity contribution in [2.45, 2.75) is 0 Å². The summed E-state index contributed by atoms with van der Waals surface area (Å²) >= 11 is 0. The summed E-state index contributed by atoms with van der Waals surface area (Å²) < 4.78 is 0. The molecule has 1 aromatic carbocycles. The molecule has 0 saturated carbocycles. The smallest absolute Gasteiger partial charge is 0.272 e. The van der Waals surface area contributed by atoms with Crippen molar-refractivity contribution in [1.82, 2.24) is 9.88 Å². The quantitative estimate of drug-likeness (QED) is 0.850. The molecule has 116 valence electrons. The Balaban J connectivity index is 1.49. The highest BCUT2D eigenvalue weighted by Gasteiger charge is 2.47. The van der Waals surface area contributed by atoms with E-state index in [4.69, 9.17) is 0 Å². The first-order chi connectivity index (χ1) is 11.2. The van der Waals surface area contributed by atoms with Crippen molar-refractivity contribution < 1.29 is 9.59 Å². The van der Waals surface area contributed by atoms with Gasteiger partial charge in [0.2, 0.25) is 5.91 Å². The molecule has 2 fully saturated rings. The number of hydrogen-bond donors (Lipinski definition) is 0. The van der Waals surface area contributed by atoms with Crippen molar-refractivity contribution in [1.29, 1.82) is 0 Å². The molecule has 2 aliphatic rings. The van der Waals surface area contributed by atoms with Crippen molar-refractivity contribution in [3.05, 3.63) is 60.4 Å². The molecule has 2 aliphatic heterocycles. The first kappa shape index (κ1) is 13.9. The second kappa shape index (κ2) is 5.50. The lowest BCUT2D eigenvalue weighted by Crippen LogP contribution is -2.35. The molecule has 2 amide bonds. The molecule has 0 spiro atoms. The molecule has 3 heterocycles. The van der Waals surface area contributed by atoms with Crippen LogP contribution in [0.2, 0.25) is 0 Å². The fourth-order valence-corrected chi connectivity index (χ4v) is 3.52. The summed E-state index contributed by atoms with van der Waals surface area (Å²) in [6, 6.07) is 15.0. The van der Waals surface area contributed by atoms with Gasteiger partial charge in [0, 0.05) is 37.4 Å². The van der Waals surface area contributed by atoms with E-state index in [-0.39, 0.29) is 23.7 Å². The van der Waals surface area contributed by atoms with Crippen LogP contribution < -0.4 is 4.90 Å². The number of likely N-dealkylation sites (tertiary alicyclic amines) is 1. The third-order valence-electron chi connectivity index (χ3n) is 4.68. The highest BCUT2D eigenvalue weighted by Crippen LogP contribution is 2.35. The zero-order chi connectivity index (χ0) is 15.8. The van der Waals surface area contributed by atoms with Gasteiger partial charge in [-0.05, 0) is 24.3 Å². The molecule has 23 heavy (non-hydrogen) atoms. The van der Waals surface area contributed by atoms with E-state index in [2.05, 4.69) is 4.98 Å². The van der Waals surface area contributed by atoms with Crippen LogP contribution >= 0.6 is 0 Å². The van der Waals surface area contributed by atoms with Gasteiger partial charge in [0.1, 0.15) is 5.69 Å². The van der Waals surface area contributed by atoms with Crippen LogP contribution in [0.5, 0.6) is 0 Å². The molecular formula is C18H17N3O2. The topological polar surface area (TPSA) is 53.5 Å². The van der Waals surface area contributed by atoms with Crippen LogP contribution in [0.25, 0.3) is 0 Å². The molecule has 0 unspecified atom stereocenters. The van der Waals surface area contributed by atoms with Gasteiger partial charge >= 0.3 is 0 Å². The number of hydrogen-bond acceptors (Lipinski definition) is 3. The van der Waals surface area contributed by atoms with Crippen molar-refractivity contribution >= 4 is 17.5 Å². The van der Waals surface area contributed by atoms with Gasteiger partial charge in [0.25, 0.3) is 5.91 Å². The average molecular weight is 307 g/mol. The highest BCUT2D eigenvalue weighted by molar-refractivity contribution is 5.99. The molecule has 1 aromatic heterocycles. The zero-order valence-electron chi connectivity index (χ0n) is 12.6. The minimum Gasteiger partial charge on any atom is -0.336 e. The fraction of sp³-hybridized carbons (Fsp3) is 0.278. The number of carbonyl (C=O) groups is 2. The largest absolute Gasteiger partial charge is 0.336 e. The highest BCUT2D eigenvalue weighted by atomic mass is 16.2. The number of anilines is 1. The number of nitrogens with zero attached hydrogens (tertiary/aromatic N) is 3. The van der Waals surface area contributed by atoms with Crippen LogP contribution in [0, 0.1) is 11.8 Å². The number of para-hydroxylation sites is 1. The molecule has 0 radical (unpaired) electrons. The van der Waals surface area contributed by atoms with Crippen LogP contribution in [0.1, 0.15) is 10.5 Å². The van der Waals surface area contributed by atoms with Crippen molar-refractivity contribution in [3.8, 4) is 0 Å². The van der Waals surface area contributed by atoms with E-state index < -0.39 is 0 Å². The molecule has 0 aliphatic carbocycles.